The first-order chi connectivity index (χ1) is 12.6. The van der Waals surface area contributed by atoms with Crippen LogP contribution in [0.25, 0.3) is 0 Å². The molecule has 1 aliphatic rings. The van der Waals surface area contributed by atoms with Crippen molar-refractivity contribution in [1.82, 2.24) is 15.0 Å². The van der Waals surface area contributed by atoms with Gasteiger partial charge in [0.15, 0.2) is 12.4 Å². The van der Waals surface area contributed by atoms with Gasteiger partial charge in [-0.3, -0.25) is 9.69 Å². The van der Waals surface area contributed by atoms with Crippen molar-refractivity contribution in [2.24, 2.45) is 0 Å². The minimum atomic E-state index is -0.000499. The van der Waals surface area contributed by atoms with Crippen molar-refractivity contribution in [2.75, 3.05) is 40.0 Å². The Morgan fingerprint density at radius 1 is 1.23 bits per heavy atom. The summed E-state index contributed by atoms with van der Waals surface area (Å²) in [6, 6.07) is 9.76. The Balaban J connectivity index is 1.44. The van der Waals surface area contributed by atoms with Crippen molar-refractivity contribution in [3.63, 3.8) is 0 Å². The topological polar surface area (TPSA) is 68.0 Å². The quantitative estimate of drug-likeness (QED) is 0.752. The van der Waals surface area contributed by atoms with Gasteiger partial charge in [-0.1, -0.05) is 17.3 Å². The maximum absolute atomic E-state index is 12.1. The number of nitrogens with zero attached hydrogens (tertiary/aromatic N) is 3. The Bertz CT molecular complexity index is 708. The summed E-state index contributed by atoms with van der Waals surface area (Å²) in [5, 5.41) is 3.90. The van der Waals surface area contributed by atoms with Crippen molar-refractivity contribution in [3.8, 4) is 5.75 Å². The van der Waals surface area contributed by atoms with Gasteiger partial charge in [0, 0.05) is 25.7 Å². The van der Waals surface area contributed by atoms with Crippen LogP contribution in [0.2, 0.25) is 0 Å². The highest BCUT2D eigenvalue weighted by atomic mass is 16.5. The number of carbonyl (C=O) groups excluding carboxylic acids is 1. The molecule has 1 aromatic carbocycles. The minimum Gasteiger partial charge on any atom is -0.484 e. The number of hydrogen-bond acceptors (Lipinski definition) is 6. The summed E-state index contributed by atoms with van der Waals surface area (Å²) in [7, 11) is 2.03. The van der Waals surface area contributed by atoms with Crippen LogP contribution in [0, 0.1) is 6.92 Å². The Morgan fingerprint density at radius 3 is 2.62 bits per heavy atom. The largest absolute Gasteiger partial charge is 0.484 e. The molecule has 26 heavy (non-hydrogen) atoms. The number of carbonyl (C=O) groups is 1. The minimum absolute atomic E-state index is 0.000499. The summed E-state index contributed by atoms with van der Waals surface area (Å²) >= 11 is 0. The summed E-state index contributed by atoms with van der Waals surface area (Å²) in [5.41, 5.74) is 2.05. The molecule has 2 aromatic rings. The lowest BCUT2D eigenvalue weighted by atomic mass is 10.2. The number of rotatable bonds is 7. The highest BCUT2D eigenvalue weighted by Crippen LogP contribution is 2.15. The van der Waals surface area contributed by atoms with E-state index in [-0.39, 0.29) is 12.5 Å². The van der Waals surface area contributed by atoms with E-state index in [0.717, 1.165) is 23.6 Å². The first-order valence-electron chi connectivity index (χ1n) is 8.78. The van der Waals surface area contributed by atoms with E-state index >= 15 is 0 Å². The predicted molar refractivity (Wildman–Crippen MR) is 95.7 cm³/mol. The number of hydrogen-bond donors (Lipinski definition) is 0. The fourth-order valence-corrected chi connectivity index (χ4v) is 2.86. The molecule has 0 aliphatic carbocycles. The lowest BCUT2D eigenvalue weighted by molar-refractivity contribution is -0.137. The smallest absolute Gasteiger partial charge is 0.260 e. The molecule has 3 rings (SSSR count). The second-order valence-electron chi connectivity index (χ2n) is 6.53. The molecule has 7 heteroatoms. The molecule has 1 amide bonds. The van der Waals surface area contributed by atoms with Gasteiger partial charge in [-0.05, 0) is 31.7 Å². The van der Waals surface area contributed by atoms with Gasteiger partial charge in [0.1, 0.15) is 5.75 Å². The summed E-state index contributed by atoms with van der Waals surface area (Å²) in [6.45, 7) is 5.93. The fraction of sp³-hybridized carbons (Fsp3) is 0.474. The van der Waals surface area contributed by atoms with Crippen molar-refractivity contribution in [3.05, 3.63) is 47.3 Å². The van der Waals surface area contributed by atoms with Gasteiger partial charge >= 0.3 is 0 Å². The highest BCUT2D eigenvalue weighted by Gasteiger charge is 2.17. The number of ether oxygens (including phenoxy) is 2. The lowest BCUT2D eigenvalue weighted by Crippen LogP contribution is -2.42. The van der Waals surface area contributed by atoms with Gasteiger partial charge in [0.2, 0.25) is 0 Å². The molecule has 0 atom stereocenters. The summed E-state index contributed by atoms with van der Waals surface area (Å²) < 4.78 is 16.1. The number of aryl methyl sites for hydroxylation is 1. The average molecular weight is 359 g/mol. The molecule has 7 nitrogen and oxygen atoms in total. The number of morpholine rings is 1. The Kier molecular flexibility index (Phi) is 6.25. The van der Waals surface area contributed by atoms with Crippen molar-refractivity contribution in [1.29, 1.82) is 0 Å². The molecule has 0 spiro atoms. The predicted octanol–water partition coefficient (Wildman–Crippen LogP) is 1.85. The molecule has 1 aromatic heterocycles. The van der Waals surface area contributed by atoms with Crippen LogP contribution in [0.5, 0.6) is 5.75 Å². The third kappa shape index (κ3) is 5.31. The van der Waals surface area contributed by atoms with E-state index in [4.69, 9.17) is 14.0 Å². The van der Waals surface area contributed by atoms with Crippen molar-refractivity contribution >= 4 is 5.91 Å². The highest BCUT2D eigenvalue weighted by molar-refractivity contribution is 5.77. The van der Waals surface area contributed by atoms with E-state index in [2.05, 4.69) is 10.1 Å². The second-order valence-corrected chi connectivity index (χ2v) is 6.53. The molecule has 1 saturated heterocycles. The molecule has 1 fully saturated rings. The van der Waals surface area contributed by atoms with Gasteiger partial charge in [-0.2, -0.15) is 0 Å². The molecule has 2 heterocycles. The zero-order chi connectivity index (χ0) is 18.4. The molecule has 1 aliphatic heterocycles. The van der Waals surface area contributed by atoms with E-state index < -0.39 is 0 Å². The summed E-state index contributed by atoms with van der Waals surface area (Å²) in [5.74, 6) is 1.55. The van der Waals surface area contributed by atoms with Crippen molar-refractivity contribution < 1.29 is 18.8 Å². The van der Waals surface area contributed by atoms with E-state index in [9.17, 15) is 4.79 Å². The maximum Gasteiger partial charge on any atom is 0.260 e. The van der Waals surface area contributed by atoms with Crippen LogP contribution in [-0.4, -0.2) is 60.8 Å². The lowest BCUT2D eigenvalue weighted by Gasteiger charge is -2.26. The molecule has 0 unspecified atom stereocenters. The van der Waals surface area contributed by atoms with Crippen LogP contribution in [0.1, 0.15) is 17.0 Å². The Hall–Kier alpha value is -2.38. The molecule has 0 bridgehead atoms. The first-order valence-corrected chi connectivity index (χ1v) is 8.78. The Morgan fingerprint density at radius 2 is 1.96 bits per heavy atom. The van der Waals surface area contributed by atoms with E-state index in [1.165, 1.54) is 0 Å². The van der Waals surface area contributed by atoms with Gasteiger partial charge < -0.3 is 18.9 Å². The van der Waals surface area contributed by atoms with E-state index in [0.29, 0.717) is 38.6 Å². The van der Waals surface area contributed by atoms with Gasteiger partial charge in [-0.25, -0.2) is 0 Å². The zero-order valence-corrected chi connectivity index (χ0v) is 15.3. The SMILES string of the molecule is Cc1cc(CN(C)Cc2ccc(OCC(=O)N3CCOCC3)cc2)on1. The number of amides is 1. The van der Waals surface area contributed by atoms with Crippen LogP contribution in [0.4, 0.5) is 0 Å². The normalized spacial score (nSPS) is 14.7. The molecule has 0 radical (unpaired) electrons. The van der Waals surface area contributed by atoms with Crippen LogP contribution in [0.3, 0.4) is 0 Å². The zero-order valence-electron chi connectivity index (χ0n) is 15.3. The standard InChI is InChI=1S/C19H25N3O4/c1-15-11-18(26-20-15)13-21(2)12-16-3-5-17(6-4-16)25-14-19(23)22-7-9-24-10-8-22/h3-6,11H,7-10,12-14H2,1-2H3. The van der Waals surface area contributed by atoms with E-state index in [1.54, 1.807) is 4.90 Å². The molecular weight excluding hydrogens is 334 g/mol. The van der Waals surface area contributed by atoms with Crippen LogP contribution in [-0.2, 0) is 22.6 Å². The van der Waals surface area contributed by atoms with Crippen LogP contribution < -0.4 is 4.74 Å². The molecular formula is C19H25N3O4. The van der Waals surface area contributed by atoms with Gasteiger partial charge in [0.05, 0.1) is 25.5 Å². The van der Waals surface area contributed by atoms with E-state index in [1.807, 2.05) is 44.3 Å². The second kappa shape index (κ2) is 8.82. The monoisotopic (exact) mass is 359 g/mol. The Labute approximate surface area is 153 Å². The third-order valence-corrected chi connectivity index (χ3v) is 4.20. The maximum atomic E-state index is 12.1. The molecule has 0 N–H and O–H groups in total. The third-order valence-electron chi connectivity index (χ3n) is 4.20. The molecule has 0 saturated carbocycles. The average Bonchev–Trinajstić information content (AvgIpc) is 3.06. The molecule has 140 valence electrons. The summed E-state index contributed by atoms with van der Waals surface area (Å²) in [6.07, 6.45) is 0. The van der Waals surface area contributed by atoms with Crippen LogP contribution >= 0.6 is 0 Å². The first kappa shape index (κ1) is 18.4. The number of aromatic nitrogens is 1. The van der Waals surface area contributed by atoms with Gasteiger partial charge in [0.25, 0.3) is 5.91 Å². The van der Waals surface area contributed by atoms with Crippen LogP contribution in [0.15, 0.2) is 34.9 Å². The van der Waals surface area contributed by atoms with Crippen molar-refractivity contribution in [2.45, 2.75) is 20.0 Å². The van der Waals surface area contributed by atoms with Gasteiger partial charge in [-0.15, -0.1) is 0 Å². The number of benzene rings is 1. The summed E-state index contributed by atoms with van der Waals surface area (Å²) in [4.78, 5) is 16.0. The fourth-order valence-electron chi connectivity index (χ4n) is 2.86.